The molecule has 1 heterocycles. The van der Waals surface area contributed by atoms with E-state index in [4.69, 9.17) is 10.5 Å². The summed E-state index contributed by atoms with van der Waals surface area (Å²) < 4.78 is 5.60. The van der Waals surface area contributed by atoms with E-state index in [1.807, 2.05) is 19.9 Å². The van der Waals surface area contributed by atoms with Gasteiger partial charge in [-0.05, 0) is 19.8 Å². The van der Waals surface area contributed by atoms with E-state index >= 15 is 0 Å². The number of nitrogens with two attached hydrogens (primary N) is 1. The SMILES string of the molecule is CC(C)Oc1cc(N2CC(C)C(N)C2)cc([N+](=O)[O-])c1. The van der Waals surface area contributed by atoms with Crippen molar-refractivity contribution in [3.63, 3.8) is 0 Å². The van der Waals surface area contributed by atoms with Gasteiger partial charge in [0, 0.05) is 37.0 Å². The molecule has 0 saturated carbocycles. The van der Waals surface area contributed by atoms with Crippen molar-refractivity contribution in [3.05, 3.63) is 28.3 Å². The van der Waals surface area contributed by atoms with Crippen LogP contribution in [0.2, 0.25) is 0 Å². The van der Waals surface area contributed by atoms with Crippen LogP contribution in [-0.2, 0) is 0 Å². The predicted octanol–water partition coefficient (Wildman–Crippen LogP) is 2.17. The van der Waals surface area contributed by atoms with E-state index in [2.05, 4.69) is 11.8 Å². The van der Waals surface area contributed by atoms with E-state index in [1.54, 1.807) is 6.07 Å². The van der Waals surface area contributed by atoms with Crippen LogP contribution in [0.3, 0.4) is 0 Å². The van der Waals surface area contributed by atoms with Crippen LogP contribution in [0.25, 0.3) is 0 Å². The molecule has 1 aliphatic rings. The lowest BCUT2D eigenvalue weighted by Gasteiger charge is -2.19. The van der Waals surface area contributed by atoms with E-state index in [-0.39, 0.29) is 17.8 Å². The zero-order chi connectivity index (χ0) is 14.9. The summed E-state index contributed by atoms with van der Waals surface area (Å²) in [5.41, 5.74) is 6.86. The first-order chi connectivity index (χ1) is 9.36. The fourth-order valence-electron chi connectivity index (χ4n) is 2.40. The van der Waals surface area contributed by atoms with Gasteiger partial charge >= 0.3 is 0 Å². The molecule has 0 radical (unpaired) electrons. The molecule has 1 aliphatic heterocycles. The molecule has 0 aliphatic carbocycles. The fraction of sp³-hybridized carbons (Fsp3) is 0.571. The molecule has 1 aromatic rings. The maximum Gasteiger partial charge on any atom is 0.275 e. The molecule has 0 spiro atoms. The van der Waals surface area contributed by atoms with Crippen LogP contribution in [-0.4, -0.2) is 30.2 Å². The van der Waals surface area contributed by atoms with Gasteiger partial charge in [-0.3, -0.25) is 10.1 Å². The Morgan fingerprint density at radius 2 is 2.10 bits per heavy atom. The Morgan fingerprint density at radius 3 is 2.60 bits per heavy atom. The van der Waals surface area contributed by atoms with Crippen molar-refractivity contribution in [2.75, 3.05) is 18.0 Å². The number of hydrogen-bond donors (Lipinski definition) is 1. The molecule has 0 aromatic heterocycles. The minimum absolute atomic E-state index is 0.0235. The van der Waals surface area contributed by atoms with Gasteiger partial charge in [0.25, 0.3) is 5.69 Å². The van der Waals surface area contributed by atoms with Gasteiger partial charge in [0.15, 0.2) is 0 Å². The van der Waals surface area contributed by atoms with Crippen molar-refractivity contribution in [2.45, 2.75) is 32.9 Å². The van der Waals surface area contributed by atoms with Gasteiger partial charge < -0.3 is 15.4 Å². The molecule has 0 amide bonds. The predicted molar refractivity (Wildman–Crippen MR) is 78.2 cm³/mol. The second kappa shape index (κ2) is 5.66. The summed E-state index contributed by atoms with van der Waals surface area (Å²) in [5.74, 6) is 0.904. The molecule has 6 heteroatoms. The standard InChI is InChI=1S/C14H21N3O3/c1-9(2)20-13-5-11(4-12(6-13)17(18)19)16-7-10(3)14(15)8-16/h4-6,9-10,14H,7-8,15H2,1-3H3. The van der Waals surface area contributed by atoms with Gasteiger partial charge in [0.1, 0.15) is 5.75 Å². The number of rotatable bonds is 4. The number of nitro groups is 1. The van der Waals surface area contributed by atoms with Crippen LogP contribution in [0.4, 0.5) is 11.4 Å². The quantitative estimate of drug-likeness (QED) is 0.674. The zero-order valence-corrected chi connectivity index (χ0v) is 12.1. The van der Waals surface area contributed by atoms with Crippen molar-refractivity contribution in [1.82, 2.24) is 0 Å². The monoisotopic (exact) mass is 279 g/mol. The molecule has 110 valence electrons. The van der Waals surface area contributed by atoms with Crippen LogP contribution in [0, 0.1) is 16.0 Å². The smallest absolute Gasteiger partial charge is 0.275 e. The van der Waals surface area contributed by atoms with Crippen molar-refractivity contribution in [3.8, 4) is 5.75 Å². The molecule has 1 saturated heterocycles. The summed E-state index contributed by atoms with van der Waals surface area (Å²) in [6.07, 6.45) is -0.0235. The molecule has 1 aromatic carbocycles. The van der Waals surface area contributed by atoms with Crippen molar-refractivity contribution in [2.24, 2.45) is 11.7 Å². The second-order valence-corrected chi connectivity index (χ2v) is 5.65. The van der Waals surface area contributed by atoms with Crippen molar-refractivity contribution >= 4 is 11.4 Å². The molecular weight excluding hydrogens is 258 g/mol. The van der Waals surface area contributed by atoms with Crippen LogP contribution in [0.15, 0.2) is 18.2 Å². The average Bonchev–Trinajstić information content (AvgIpc) is 2.68. The molecular formula is C14H21N3O3. The zero-order valence-electron chi connectivity index (χ0n) is 12.1. The van der Waals surface area contributed by atoms with Crippen molar-refractivity contribution < 1.29 is 9.66 Å². The molecule has 0 bridgehead atoms. The summed E-state index contributed by atoms with van der Waals surface area (Å²) in [7, 11) is 0. The van der Waals surface area contributed by atoms with Crippen LogP contribution in [0.5, 0.6) is 5.75 Å². The Hall–Kier alpha value is -1.82. The number of benzene rings is 1. The lowest BCUT2D eigenvalue weighted by molar-refractivity contribution is -0.384. The Labute approximate surface area is 118 Å². The van der Waals surface area contributed by atoms with Gasteiger partial charge in [-0.15, -0.1) is 0 Å². The third kappa shape index (κ3) is 3.19. The van der Waals surface area contributed by atoms with E-state index < -0.39 is 4.92 Å². The largest absolute Gasteiger partial charge is 0.491 e. The fourth-order valence-corrected chi connectivity index (χ4v) is 2.40. The maximum absolute atomic E-state index is 11.0. The molecule has 2 rings (SSSR count). The number of hydrogen-bond acceptors (Lipinski definition) is 5. The topological polar surface area (TPSA) is 81.6 Å². The van der Waals surface area contributed by atoms with Crippen LogP contribution < -0.4 is 15.4 Å². The Kier molecular flexibility index (Phi) is 4.13. The third-order valence-corrected chi connectivity index (χ3v) is 3.49. The highest BCUT2D eigenvalue weighted by molar-refractivity contribution is 5.58. The number of nitro benzene ring substituents is 1. The lowest BCUT2D eigenvalue weighted by Crippen LogP contribution is -2.28. The lowest BCUT2D eigenvalue weighted by atomic mass is 10.1. The highest BCUT2D eigenvalue weighted by Crippen LogP contribution is 2.31. The van der Waals surface area contributed by atoms with Gasteiger partial charge in [-0.25, -0.2) is 0 Å². The van der Waals surface area contributed by atoms with Crippen LogP contribution >= 0.6 is 0 Å². The first-order valence-electron chi connectivity index (χ1n) is 6.83. The number of nitrogens with zero attached hydrogens (tertiary/aromatic N) is 2. The summed E-state index contributed by atoms with van der Waals surface area (Å²) in [5, 5.41) is 11.0. The van der Waals surface area contributed by atoms with Gasteiger partial charge in [0.2, 0.25) is 0 Å². The summed E-state index contributed by atoms with van der Waals surface area (Å²) in [6.45, 7) is 7.40. The first-order valence-corrected chi connectivity index (χ1v) is 6.83. The Morgan fingerprint density at radius 1 is 1.40 bits per heavy atom. The molecule has 2 N–H and O–H groups in total. The van der Waals surface area contributed by atoms with Gasteiger partial charge in [0.05, 0.1) is 17.1 Å². The maximum atomic E-state index is 11.0. The number of ether oxygens (including phenoxy) is 1. The van der Waals surface area contributed by atoms with E-state index in [1.165, 1.54) is 6.07 Å². The van der Waals surface area contributed by atoms with E-state index in [0.717, 1.165) is 12.2 Å². The van der Waals surface area contributed by atoms with Crippen LogP contribution in [0.1, 0.15) is 20.8 Å². The van der Waals surface area contributed by atoms with E-state index in [9.17, 15) is 10.1 Å². The average molecular weight is 279 g/mol. The summed E-state index contributed by atoms with van der Waals surface area (Å²) >= 11 is 0. The molecule has 1 fully saturated rings. The summed E-state index contributed by atoms with van der Waals surface area (Å²) in [4.78, 5) is 12.7. The number of non-ortho nitro benzene ring substituents is 1. The minimum atomic E-state index is -0.393. The highest BCUT2D eigenvalue weighted by Gasteiger charge is 2.28. The van der Waals surface area contributed by atoms with Crippen molar-refractivity contribution in [1.29, 1.82) is 0 Å². The second-order valence-electron chi connectivity index (χ2n) is 5.65. The summed E-state index contributed by atoms with van der Waals surface area (Å²) in [6, 6.07) is 4.99. The third-order valence-electron chi connectivity index (χ3n) is 3.49. The molecule has 2 unspecified atom stereocenters. The van der Waals surface area contributed by atoms with E-state index in [0.29, 0.717) is 18.2 Å². The normalized spacial score (nSPS) is 22.4. The Bertz CT molecular complexity index is 494. The number of anilines is 1. The van der Waals surface area contributed by atoms with Gasteiger partial charge in [-0.1, -0.05) is 6.92 Å². The molecule has 6 nitrogen and oxygen atoms in total. The molecule has 2 atom stereocenters. The molecule has 20 heavy (non-hydrogen) atoms. The van der Waals surface area contributed by atoms with Gasteiger partial charge in [-0.2, -0.15) is 0 Å². The Balaban J connectivity index is 2.32. The minimum Gasteiger partial charge on any atom is -0.491 e. The highest BCUT2D eigenvalue weighted by atomic mass is 16.6. The first kappa shape index (κ1) is 14.6.